The van der Waals surface area contributed by atoms with E-state index in [1.54, 1.807) is 36.4 Å². The van der Waals surface area contributed by atoms with Crippen LogP contribution >= 0.6 is 0 Å². The fourth-order valence-corrected chi connectivity index (χ4v) is 2.35. The molecule has 0 aliphatic rings. The number of halogens is 3. The lowest BCUT2D eigenvalue weighted by atomic mass is 10.0. The predicted molar refractivity (Wildman–Crippen MR) is 90.0 cm³/mol. The first-order valence-corrected chi connectivity index (χ1v) is 7.87. The van der Waals surface area contributed by atoms with Crippen LogP contribution in [0.15, 0.2) is 48.5 Å². The van der Waals surface area contributed by atoms with Crippen molar-refractivity contribution in [1.29, 1.82) is 0 Å². The van der Waals surface area contributed by atoms with E-state index in [-0.39, 0.29) is 0 Å². The summed E-state index contributed by atoms with van der Waals surface area (Å²) in [7, 11) is 0. The molecule has 4 nitrogen and oxygen atoms in total. The largest absolute Gasteiger partial charge is 0.484 e. The third kappa shape index (κ3) is 5.08. The highest BCUT2D eigenvalue weighted by atomic mass is 19.4. The van der Waals surface area contributed by atoms with Crippen LogP contribution in [0.2, 0.25) is 0 Å². The number of amides is 1. The molecule has 0 aliphatic carbocycles. The fourth-order valence-electron chi connectivity index (χ4n) is 2.35. The average Bonchev–Trinajstić information content (AvgIpc) is 2.60. The smallest absolute Gasteiger partial charge is 0.471 e. The number of carbonyl (C=O) groups excluding carboxylic acids is 2. The number of ether oxygens (including phenoxy) is 1. The van der Waals surface area contributed by atoms with Crippen molar-refractivity contribution in [3.05, 3.63) is 65.2 Å². The number of carbonyl (C=O) groups is 2. The summed E-state index contributed by atoms with van der Waals surface area (Å²) < 4.78 is 43.5. The fraction of sp³-hybridized carbons (Fsp3) is 0.263. The maximum Gasteiger partial charge on any atom is 0.471 e. The van der Waals surface area contributed by atoms with E-state index in [2.05, 4.69) is 0 Å². The van der Waals surface area contributed by atoms with E-state index in [0.29, 0.717) is 23.2 Å². The third-order valence-corrected chi connectivity index (χ3v) is 3.76. The lowest BCUT2D eigenvalue weighted by molar-refractivity contribution is -0.174. The summed E-state index contributed by atoms with van der Waals surface area (Å²) in [6.07, 6.45) is -5.14. The first kappa shape index (κ1) is 19.5. The number of aryl methyl sites for hydroxylation is 1. The van der Waals surface area contributed by atoms with Crippen LogP contribution < -0.4 is 10.1 Å². The average molecular weight is 365 g/mol. The van der Waals surface area contributed by atoms with Gasteiger partial charge in [-0.3, -0.25) is 9.59 Å². The number of benzene rings is 2. The second-order valence-electron chi connectivity index (χ2n) is 5.90. The SMILES string of the molecule is Cc1ccc([C@@H](Oc2ccc(C=O)cc2)C(C)NC(=O)C(F)(F)F)cc1. The minimum Gasteiger partial charge on any atom is -0.484 e. The van der Waals surface area contributed by atoms with Crippen molar-refractivity contribution in [1.82, 2.24) is 5.32 Å². The molecule has 1 unspecified atom stereocenters. The maximum atomic E-state index is 12.6. The summed E-state index contributed by atoms with van der Waals surface area (Å²) in [6, 6.07) is 12.3. The normalized spacial score (nSPS) is 13.6. The molecule has 26 heavy (non-hydrogen) atoms. The van der Waals surface area contributed by atoms with Crippen LogP contribution in [-0.4, -0.2) is 24.4 Å². The predicted octanol–water partition coefficient (Wildman–Crippen LogP) is 3.99. The van der Waals surface area contributed by atoms with Gasteiger partial charge in [0, 0.05) is 5.56 Å². The summed E-state index contributed by atoms with van der Waals surface area (Å²) in [4.78, 5) is 22.0. The lowest BCUT2D eigenvalue weighted by Crippen LogP contribution is -2.45. The molecule has 0 saturated heterocycles. The third-order valence-electron chi connectivity index (χ3n) is 3.76. The standard InChI is InChI=1S/C19H18F3NO3/c1-12-3-7-15(8-4-12)17(13(2)23-18(25)19(20,21)22)26-16-9-5-14(11-24)6-10-16/h3-11,13,17H,1-2H3,(H,23,25)/t13?,17-/m0/s1. The zero-order chi connectivity index (χ0) is 19.3. The molecule has 1 amide bonds. The van der Waals surface area contributed by atoms with Gasteiger partial charge >= 0.3 is 12.1 Å². The molecule has 2 atom stereocenters. The van der Waals surface area contributed by atoms with Gasteiger partial charge < -0.3 is 10.1 Å². The summed E-state index contributed by atoms with van der Waals surface area (Å²) in [5, 5.41) is 1.93. The van der Waals surface area contributed by atoms with Gasteiger partial charge in [0.05, 0.1) is 6.04 Å². The van der Waals surface area contributed by atoms with E-state index in [1.165, 1.54) is 19.1 Å². The molecule has 0 fully saturated rings. The van der Waals surface area contributed by atoms with Gasteiger partial charge in [-0.1, -0.05) is 29.8 Å². The molecule has 0 saturated carbocycles. The quantitative estimate of drug-likeness (QED) is 0.788. The molecule has 1 N–H and O–H groups in total. The summed E-state index contributed by atoms with van der Waals surface area (Å²) in [5.41, 5.74) is 2.04. The number of aldehydes is 1. The van der Waals surface area contributed by atoms with E-state index in [4.69, 9.17) is 4.74 Å². The zero-order valence-electron chi connectivity index (χ0n) is 14.2. The van der Waals surface area contributed by atoms with Gasteiger partial charge in [-0.25, -0.2) is 0 Å². The monoisotopic (exact) mass is 365 g/mol. The van der Waals surface area contributed by atoms with Crippen LogP contribution in [0.4, 0.5) is 13.2 Å². The highest BCUT2D eigenvalue weighted by Gasteiger charge is 2.40. The van der Waals surface area contributed by atoms with E-state index in [0.717, 1.165) is 5.56 Å². The highest BCUT2D eigenvalue weighted by molar-refractivity contribution is 5.82. The number of nitrogens with one attached hydrogen (secondary N) is 1. The van der Waals surface area contributed by atoms with Gasteiger partial charge in [-0.15, -0.1) is 0 Å². The summed E-state index contributed by atoms with van der Waals surface area (Å²) in [5.74, 6) is -1.66. The second-order valence-corrected chi connectivity index (χ2v) is 5.90. The molecule has 0 radical (unpaired) electrons. The highest BCUT2D eigenvalue weighted by Crippen LogP contribution is 2.26. The Hall–Kier alpha value is -2.83. The Morgan fingerprint density at radius 1 is 1.08 bits per heavy atom. The Morgan fingerprint density at radius 3 is 2.15 bits per heavy atom. The Labute approximate surface area is 149 Å². The molecule has 2 aromatic rings. The van der Waals surface area contributed by atoms with E-state index < -0.39 is 24.2 Å². The van der Waals surface area contributed by atoms with Gasteiger partial charge in [-0.05, 0) is 43.7 Å². The van der Waals surface area contributed by atoms with Crippen molar-refractivity contribution in [3.8, 4) is 5.75 Å². The van der Waals surface area contributed by atoms with Gasteiger partial charge in [0.1, 0.15) is 18.1 Å². The topological polar surface area (TPSA) is 55.4 Å². The number of rotatable bonds is 6. The number of hydrogen-bond acceptors (Lipinski definition) is 3. The van der Waals surface area contributed by atoms with Crippen molar-refractivity contribution in [2.24, 2.45) is 0 Å². The van der Waals surface area contributed by atoms with Crippen molar-refractivity contribution in [2.75, 3.05) is 0 Å². The van der Waals surface area contributed by atoms with E-state index in [1.807, 2.05) is 12.2 Å². The van der Waals surface area contributed by atoms with Crippen molar-refractivity contribution < 1.29 is 27.5 Å². The molecule has 138 valence electrons. The van der Waals surface area contributed by atoms with Crippen molar-refractivity contribution >= 4 is 12.2 Å². The van der Waals surface area contributed by atoms with Gasteiger partial charge in [0.2, 0.25) is 0 Å². The second kappa shape index (κ2) is 8.03. The van der Waals surface area contributed by atoms with Crippen LogP contribution in [0, 0.1) is 6.92 Å². The van der Waals surface area contributed by atoms with Gasteiger partial charge in [-0.2, -0.15) is 13.2 Å². The molecule has 0 spiro atoms. The number of alkyl halides is 3. The minimum absolute atomic E-state index is 0.370. The first-order chi connectivity index (χ1) is 12.2. The molecular weight excluding hydrogens is 347 g/mol. The summed E-state index contributed by atoms with van der Waals surface area (Å²) in [6.45, 7) is 3.32. The van der Waals surface area contributed by atoms with Gasteiger partial charge in [0.25, 0.3) is 0 Å². The van der Waals surface area contributed by atoms with Crippen molar-refractivity contribution in [2.45, 2.75) is 32.2 Å². The van der Waals surface area contributed by atoms with Gasteiger partial charge in [0.15, 0.2) is 0 Å². The molecule has 0 aromatic heterocycles. The van der Waals surface area contributed by atoms with Crippen LogP contribution in [0.1, 0.15) is 34.5 Å². The first-order valence-electron chi connectivity index (χ1n) is 7.87. The summed E-state index contributed by atoms with van der Waals surface area (Å²) >= 11 is 0. The van der Waals surface area contributed by atoms with E-state index >= 15 is 0 Å². The Morgan fingerprint density at radius 2 is 1.65 bits per heavy atom. The molecule has 2 aromatic carbocycles. The zero-order valence-corrected chi connectivity index (χ0v) is 14.2. The van der Waals surface area contributed by atoms with Crippen molar-refractivity contribution in [3.63, 3.8) is 0 Å². The molecular formula is C19H18F3NO3. The lowest BCUT2D eigenvalue weighted by Gasteiger charge is -2.27. The Balaban J connectivity index is 2.27. The Kier molecular flexibility index (Phi) is 6.02. The molecule has 0 bridgehead atoms. The molecule has 0 aliphatic heterocycles. The maximum absolute atomic E-state index is 12.6. The van der Waals surface area contributed by atoms with Crippen LogP contribution in [0.5, 0.6) is 5.75 Å². The minimum atomic E-state index is -4.97. The molecule has 0 heterocycles. The molecule has 2 rings (SSSR count). The molecule has 7 heteroatoms. The van der Waals surface area contributed by atoms with E-state index in [9.17, 15) is 22.8 Å². The van der Waals surface area contributed by atoms with Crippen LogP contribution in [-0.2, 0) is 4.79 Å². The van der Waals surface area contributed by atoms with Crippen LogP contribution in [0.25, 0.3) is 0 Å². The van der Waals surface area contributed by atoms with Crippen LogP contribution in [0.3, 0.4) is 0 Å². The number of hydrogen-bond donors (Lipinski definition) is 1. The Bertz CT molecular complexity index is 755.